The van der Waals surface area contributed by atoms with Crippen LogP contribution in [0.5, 0.6) is 0 Å². The lowest BCUT2D eigenvalue weighted by Crippen LogP contribution is -2.52. The van der Waals surface area contributed by atoms with Crippen molar-refractivity contribution in [1.29, 1.82) is 0 Å². The van der Waals surface area contributed by atoms with Crippen LogP contribution < -0.4 is 9.62 Å². The largest absolute Gasteiger partial charge is 0.354 e. The summed E-state index contributed by atoms with van der Waals surface area (Å²) in [5.74, 6) is -0.767. The number of anilines is 1. The van der Waals surface area contributed by atoms with Crippen molar-refractivity contribution >= 4 is 62.3 Å². The summed E-state index contributed by atoms with van der Waals surface area (Å²) >= 11 is 19.3. The highest BCUT2D eigenvalue weighted by Crippen LogP contribution is 2.32. The number of nitrogens with zero attached hydrogens (tertiary/aromatic N) is 2. The highest BCUT2D eigenvalue weighted by atomic mass is 35.5. The van der Waals surface area contributed by atoms with E-state index in [4.69, 9.17) is 34.8 Å². The number of hydrogen-bond acceptors (Lipinski definition) is 4. The Labute approximate surface area is 257 Å². The molecular weight excluding hydrogens is 605 g/mol. The first kappa shape index (κ1) is 32.7. The number of hydrogen-bond donors (Lipinski definition) is 1. The number of sulfonamides is 1. The molecule has 0 aliphatic heterocycles. The van der Waals surface area contributed by atoms with E-state index in [-0.39, 0.29) is 35.4 Å². The van der Waals surface area contributed by atoms with Crippen molar-refractivity contribution in [2.45, 2.75) is 51.6 Å². The summed E-state index contributed by atoms with van der Waals surface area (Å²) in [4.78, 5) is 28.9. The Morgan fingerprint density at radius 3 is 2.05 bits per heavy atom. The molecule has 0 heterocycles. The molecule has 0 bridgehead atoms. The Bertz CT molecular complexity index is 1460. The topological polar surface area (TPSA) is 86.8 Å². The van der Waals surface area contributed by atoms with Crippen LogP contribution in [0, 0.1) is 12.8 Å². The molecule has 220 valence electrons. The quantitative estimate of drug-likeness (QED) is 0.238. The van der Waals surface area contributed by atoms with Gasteiger partial charge in [-0.15, -0.1) is 0 Å². The zero-order valence-corrected chi connectivity index (χ0v) is 26.5. The van der Waals surface area contributed by atoms with Gasteiger partial charge in [-0.3, -0.25) is 13.9 Å². The minimum absolute atomic E-state index is 0.00888. The fourth-order valence-electron chi connectivity index (χ4n) is 4.30. The van der Waals surface area contributed by atoms with Crippen LogP contribution in [-0.4, -0.2) is 44.3 Å². The number of amides is 2. The molecule has 0 aliphatic rings. The van der Waals surface area contributed by atoms with Crippen LogP contribution in [0.3, 0.4) is 0 Å². The van der Waals surface area contributed by atoms with Crippen molar-refractivity contribution in [2.75, 3.05) is 17.4 Å². The molecular formula is C30H34Cl3N3O4S. The molecule has 0 aliphatic carbocycles. The Balaban J connectivity index is 2.12. The molecule has 41 heavy (non-hydrogen) atoms. The predicted molar refractivity (Wildman–Crippen MR) is 166 cm³/mol. The van der Waals surface area contributed by atoms with Crippen molar-refractivity contribution in [3.8, 4) is 0 Å². The maximum Gasteiger partial charge on any atom is 0.264 e. The number of halogens is 3. The van der Waals surface area contributed by atoms with E-state index in [1.165, 1.54) is 17.0 Å². The van der Waals surface area contributed by atoms with Crippen LogP contribution in [0.15, 0.2) is 71.6 Å². The van der Waals surface area contributed by atoms with Gasteiger partial charge in [0.1, 0.15) is 12.6 Å². The first-order valence-electron chi connectivity index (χ1n) is 13.2. The van der Waals surface area contributed by atoms with Crippen molar-refractivity contribution < 1.29 is 18.0 Å². The zero-order valence-electron chi connectivity index (χ0n) is 23.4. The van der Waals surface area contributed by atoms with Gasteiger partial charge < -0.3 is 10.2 Å². The molecule has 3 aromatic rings. The molecule has 0 saturated heterocycles. The highest BCUT2D eigenvalue weighted by molar-refractivity contribution is 7.92. The lowest BCUT2D eigenvalue weighted by atomic mass is 10.1. The number of nitrogens with one attached hydrogen (secondary N) is 1. The van der Waals surface area contributed by atoms with Gasteiger partial charge in [-0.25, -0.2) is 8.42 Å². The number of rotatable bonds is 12. The van der Waals surface area contributed by atoms with E-state index >= 15 is 0 Å². The molecule has 11 heteroatoms. The molecule has 0 unspecified atom stereocenters. The van der Waals surface area contributed by atoms with Gasteiger partial charge in [0, 0.05) is 33.7 Å². The Kier molecular flexibility index (Phi) is 11.5. The zero-order chi connectivity index (χ0) is 30.3. The van der Waals surface area contributed by atoms with Crippen LogP contribution in [0.1, 0.15) is 38.3 Å². The molecule has 0 spiro atoms. The van der Waals surface area contributed by atoms with Crippen LogP contribution in [0.4, 0.5) is 5.69 Å². The van der Waals surface area contributed by atoms with Crippen LogP contribution in [0.25, 0.3) is 0 Å². The van der Waals surface area contributed by atoms with Crippen LogP contribution in [-0.2, 0) is 26.2 Å². The smallest absolute Gasteiger partial charge is 0.264 e. The molecule has 0 radical (unpaired) electrons. The molecule has 2 amide bonds. The fourth-order valence-corrected chi connectivity index (χ4v) is 6.47. The second-order valence-corrected chi connectivity index (χ2v) is 13.1. The normalized spacial score (nSPS) is 12.2. The van der Waals surface area contributed by atoms with Gasteiger partial charge in [0.2, 0.25) is 11.8 Å². The van der Waals surface area contributed by atoms with Crippen LogP contribution >= 0.6 is 34.8 Å². The first-order valence-corrected chi connectivity index (χ1v) is 15.8. The summed E-state index contributed by atoms with van der Waals surface area (Å²) in [7, 11) is -4.21. The average Bonchev–Trinajstić information content (AvgIpc) is 2.94. The van der Waals surface area contributed by atoms with Crippen molar-refractivity contribution in [2.24, 2.45) is 5.92 Å². The third-order valence-corrected chi connectivity index (χ3v) is 9.47. The first-order chi connectivity index (χ1) is 19.4. The lowest BCUT2D eigenvalue weighted by molar-refractivity contribution is -0.140. The summed E-state index contributed by atoms with van der Waals surface area (Å²) in [6.45, 7) is 7.13. The molecule has 7 nitrogen and oxygen atoms in total. The van der Waals surface area contributed by atoms with E-state index in [1.807, 2.05) is 13.8 Å². The van der Waals surface area contributed by atoms with Crippen molar-refractivity contribution in [3.63, 3.8) is 0 Å². The van der Waals surface area contributed by atoms with E-state index in [1.54, 1.807) is 68.4 Å². The summed E-state index contributed by atoms with van der Waals surface area (Å²) in [5.41, 5.74) is 1.20. The van der Waals surface area contributed by atoms with Crippen molar-refractivity contribution in [1.82, 2.24) is 10.2 Å². The summed E-state index contributed by atoms with van der Waals surface area (Å²) < 4.78 is 29.0. The summed E-state index contributed by atoms with van der Waals surface area (Å²) in [6.07, 6.45) is 0.277. The molecule has 3 aromatic carbocycles. The standard InChI is InChI=1S/C30H34Cl3N3O4S/c1-5-27(30(38)34-17-20(2)3)35(18-23-25(32)14-9-15-26(23)33)29(37)19-36(28-16-10-13-24(31)21(28)4)41(39,40)22-11-7-6-8-12-22/h6-16,20,27H,5,17-19H2,1-4H3,(H,34,38)/t27-/m0/s1. The third kappa shape index (κ3) is 7.95. The monoisotopic (exact) mass is 637 g/mol. The second-order valence-electron chi connectivity index (χ2n) is 9.99. The number of carbonyl (C=O) groups excluding carboxylic acids is 2. The minimum Gasteiger partial charge on any atom is -0.354 e. The van der Waals surface area contributed by atoms with Gasteiger partial charge in [0.25, 0.3) is 10.0 Å². The van der Waals surface area contributed by atoms with E-state index < -0.39 is 28.5 Å². The molecule has 0 saturated carbocycles. The SMILES string of the molecule is CC[C@@H](C(=O)NCC(C)C)N(Cc1c(Cl)cccc1Cl)C(=O)CN(c1cccc(Cl)c1C)S(=O)(=O)c1ccccc1. The predicted octanol–water partition coefficient (Wildman–Crippen LogP) is 6.73. The number of carbonyl (C=O) groups is 2. The Morgan fingerprint density at radius 1 is 0.878 bits per heavy atom. The van der Waals surface area contributed by atoms with Gasteiger partial charge in [0.05, 0.1) is 10.6 Å². The minimum atomic E-state index is -4.21. The van der Waals surface area contributed by atoms with Gasteiger partial charge in [-0.2, -0.15) is 0 Å². The van der Waals surface area contributed by atoms with Gasteiger partial charge >= 0.3 is 0 Å². The van der Waals surface area contributed by atoms with Gasteiger partial charge in [-0.05, 0) is 61.2 Å². The summed E-state index contributed by atoms with van der Waals surface area (Å²) in [5, 5.41) is 3.89. The lowest BCUT2D eigenvalue weighted by Gasteiger charge is -2.34. The maximum atomic E-state index is 14.2. The van der Waals surface area contributed by atoms with Crippen LogP contribution in [0.2, 0.25) is 15.1 Å². The van der Waals surface area contributed by atoms with Gasteiger partial charge in [-0.1, -0.05) is 85.9 Å². The molecule has 0 fully saturated rings. The van der Waals surface area contributed by atoms with E-state index in [9.17, 15) is 18.0 Å². The van der Waals surface area contributed by atoms with Crippen molar-refractivity contribution in [3.05, 3.63) is 92.9 Å². The third-order valence-electron chi connectivity index (χ3n) is 6.58. The maximum absolute atomic E-state index is 14.2. The molecule has 1 N–H and O–H groups in total. The molecule has 0 aromatic heterocycles. The van der Waals surface area contributed by atoms with E-state index in [0.717, 1.165) is 4.31 Å². The second kappa shape index (κ2) is 14.4. The Hall–Kier alpha value is -2.78. The summed E-state index contributed by atoms with van der Waals surface area (Å²) in [6, 6.07) is 16.8. The Morgan fingerprint density at radius 2 is 1.46 bits per heavy atom. The molecule has 1 atom stereocenters. The highest BCUT2D eigenvalue weighted by Gasteiger charge is 2.35. The molecule has 3 rings (SSSR count). The van der Waals surface area contributed by atoms with E-state index in [2.05, 4.69) is 5.32 Å². The van der Waals surface area contributed by atoms with Gasteiger partial charge in [0.15, 0.2) is 0 Å². The fraction of sp³-hybridized carbons (Fsp3) is 0.333. The average molecular weight is 639 g/mol. The van der Waals surface area contributed by atoms with E-state index in [0.29, 0.717) is 32.7 Å². The number of benzene rings is 3.